The molecule has 0 amide bonds. The van der Waals surface area contributed by atoms with Crippen molar-refractivity contribution >= 4 is 0 Å². The van der Waals surface area contributed by atoms with E-state index in [0.717, 1.165) is 11.1 Å². The summed E-state index contributed by atoms with van der Waals surface area (Å²) < 4.78 is 0. The zero-order valence-electron chi connectivity index (χ0n) is 25.2. The highest BCUT2D eigenvalue weighted by atomic mass is 16.3. The Balaban J connectivity index is 1.42. The van der Waals surface area contributed by atoms with Crippen LogP contribution in [0.2, 0.25) is 0 Å². The number of benzene rings is 2. The van der Waals surface area contributed by atoms with E-state index in [2.05, 4.69) is 121 Å². The van der Waals surface area contributed by atoms with E-state index in [1.807, 2.05) is 24.3 Å². The molecule has 6 aliphatic rings. The first-order valence-electron chi connectivity index (χ1n) is 15.7. The van der Waals surface area contributed by atoms with E-state index >= 15 is 0 Å². The third-order valence-electron chi connectivity index (χ3n) is 9.32. The van der Waals surface area contributed by atoms with Crippen LogP contribution in [0.15, 0.2) is 170 Å². The molecule has 6 aliphatic carbocycles. The predicted octanol–water partition coefficient (Wildman–Crippen LogP) is 10.8. The minimum Gasteiger partial charge on any atom is -0.508 e. The highest BCUT2D eigenvalue weighted by Gasteiger charge is 2.32. The quantitative estimate of drug-likeness (QED) is 0.202. The fourth-order valence-corrected chi connectivity index (χ4v) is 7.22. The van der Waals surface area contributed by atoms with Gasteiger partial charge in [-0.25, -0.2) is 0 Å². The number of phenols is 2. The van der Waals surface area contributed by atoms with Gasteiger partial charge in [-0.05, 0) is 91.0 Å². The Labute approximate surface area is 269 Å². The molecule has 0 fully saturated rings. The van der Waals surface area contributed by atoms with E-state index in [4.69, 9.17) is 0 Å². The highest BCUT2D eigenvalue weighted by molar-refractivity contribution is 5.83. The molecule has 0 unspecified atom stereocenters. The summed E-state index contributed by atoms with van der Waals surface area (Å²) >= 11 is 0. The lowest BCUT2D eigenvalue weighted by atomic mass is 9.83. The molecule has 0 heterocycles. The molecule has 2 nitrogen and oxygen atoms in total. The Morgan fingerprint density at radius 3 is 1.09 bits per heavy atom. The smallest absolute Gasteiger partial charge is 0.115 e. The van der Waals surface area contributed by atoms with Crippen LogP contribution in [0.3, 0.4) is 0 Å². The summed E-state index contributed by atoms with van der Waals surface area (Å²) in [6, 6.07) is 58.8. The van der Waals surface area contributed by atoms with Crippen LogP contribution in [-0.4, -0.2) is 10.2 Å². The average Bonchev–Trinajstić information content (AvgIpc) is 3.51. The summed E-state index contributed by atoms with van der Waals surface area (Å²) in [7, 11) is 0. The van der Waals surface area contributed by atoms with Gasteiger partial charge in [0.25, 0.3) is 0 Å². The van der Waals surface area contributed by atoms with E-state index in [-0.39, 0.29) is 23.3 Å². The molecule has 8 rings (SSSR count). The van der Waals surface area contributed by atoms with E-state index in [0.29, 0.717) is 0 Å². The van der Waals surface area contributed by atoms with Gasteiger partial charge in [0.1, 0.15) is 11.5 Å². The summed E-state index contributed by atoms with van der Waals surface area (Å²) in [6.45, 7) is 0. The second kappa shape index (κ2) is 11.6. The maximum atomic E-state index is 10.3. The van der Waals surface area contributed by atoms with Gasteiger partial charge < -0.3 is 10.2 Å². The van der Waals surface area contributed by atoms with E-state index in [9.17, 15) is 10.2 Å². The third-order valence-corrected chi connectivity index (χ3v) is 9.32. The van der Waals surface area contributed by atoms with Crippen molar-refractivity contribution < 1.29 is 10.2 Å². The Morgan fingerprint density at radius 2 is 0.674 bits per heavy atom. The molecule has 2 aromatic rings. The van der Waals surface area contributed by atoms with Crippen LogP contribution in [0.5, 0.6) is 11.5 Å². The molecule has 0 aromatic heterocycles. The monoisotopic (exact) mass is 592 g/mol. The topological polar surface area (TPSA) is 40.5 Å². The zero-order valence-corrected chi connectivity index (χ0v) is 25.2. The lowest BCUT2D eigenvalue weighted by molar-refractivity contribution is 0.474. The Morgan fingerprint density at radius 1 is 0.304 bits per heavy atom. The maximum absolute atomic E-state index is 10.3. The van der Waals surface area contributed by atoms with E-state index < -0.39 is 0 Å². The average molecular weight is 593 g/mol. The van der Waals surface area contributed by atoms with Gasteiger partial charge in [0.15, 0.2) is 0 Å². The first-order valence-corrected chi connectivity index (χ1v) is 15.7. The van der Waals surface area contributed by atoms with Gasteiger partial charge in [-0.2, -0.15) is 0 Å². The predicted molar refractivity (Wildman–Crippen MR) is 187 cm³/mol. The molecule has 2 N–H and O–H groups in total. The Bertz CT molecular complexity index is 2020. The largest absolute Gasteiger partial charge is 0.508 e. The molecule has 2 aromatic carbocycles. The summed E-state index contributed by atoms with van der Waals surface area (Å²) in [5.41, 5.74) is 14.3. The van der Waals surface area contributed by atoms with Crippen molar-refractivity contribution in [3.63, 3.8) is 0 Å². The van der Waals surface area contributed by atoms with Gasteiger partial charge in [-0.1, -0.05) is 146 Å². The molecule has 0 bridgehead atoms. The molecule has 0 saturated carbocycles. The van der Waals surface area contributed by atoms with Crippen molar-refractivity contribution in [1.82, 2.24) is 0 Å². The second-order valence-electron chi connectivity index (χ2n) is 12.0. The Hall–Kier alpha value is -5.86. The van der Waals surface area contributed by atoms with Gasteiger partial charge in [0.2, 0.25) is 0 Å². The first kappa shape index (κ1) is 27.7. The van der Waals surface area contributed by atoms with Gasteiger partial charge in [0, 0.05) is 11.8 Å². The summed E-state index contributed by atoms with van der Waals surface area (Å²) in [4.78, 5) is 0. The normalized spacial score (nSPS) is 12.8. The van der Waals surface area contributed by atoms with Crippen molar-refractivity contribution in [2.75, 3.05) is 0 Å². The molecule has 0 aliphatic heterocycles. The van der Waals surface area contributed by atoms with Crippen molar-refractivity contribution in [2.24, 2.45) is 0 Å². The number of hydrogen-bond acceptors (Lipinski definition) is 2. The SMILES string of the molecule is Oc1ccc([C@H](c2ccc3cccccc2-3)c2cc([C@H](c3ccc(O)cc3)c3ccc4cccccc3-4)c3cccccc2-3)cc1. The lowest BCUT2D eigenvalue weighted by Gasteiger charge is -2.20. The van der Waals surface area contributed by atoms with Gasteiger partial charge >= 0.3 is 0 Å². The Kier molecular flexibility index (Phi) is 6.96. The lowest BCUT2D eigenvalue weighted by Crippen LogP contribution is -2.04. The number of phenolic OH excluding ortho intramolecular Hbond substituents is 2. The zero-order chi connectivity index (χ0) is 31.0. The molecule has 0 spiro atoms. The third kappa shape index (κ3) is 4.85. The van der Waals surface area contributed by atoms with Crippen molar-refractivity contribution in [1.29, 1.82) is 0 Å². The minimum atomic E-state index is -0.0752. The number of rotatable bonds is 6. The van der Waals surface area contributed by atoms with Gasteiger partial charge in [0.05, 0.1) is 0 Å². The van der Waals surface area contributed by atoms with Crippen molar-refractivity contribution in [3.8, 4) is 44.9 Å². The van der Waals surface area contributed by atoms with Crippen LogP contribution >= 0.6 is 0 Å². The van der Waals surface area contributed by atoms with E-state index in [1.165, 1.54) is 55.6 Å². The minimum absolute atomic E-state index is 0.0752. The van der Waals surface area contributed by atoms with Gasteiger partial charge in [-0.3, -0.25) is 0 Å². The highest BCUT2D eigenvalue weighted by Crippen LogP contribution is 2.50. The van der Waals surface area contributed by atoms with Gasteiger partial charge in [-0.15, -0.1) is 0 Å². The molecular weight excluding hydrogens is 560 g/mol. The number of aromatic hydroxyl groups is 2. The summed E-state index contributed by atoms with van der Waals surface area (Å²) in [5.74, 6) is 0.358. The summed E-state index contributed by atoms with van der Waals surface area (Å²) in [6.07, 6.45) is 0. The first-order chi connectivity index (χ1) is 22.7. The van der Waals surface area contributed by atoms with Crippen LogP contribution in [0.25, 0.3) is 33.4 Å². The number of hydrogen-bond donors (Lipinski definition) is 2. The summed E-state index contributed by atoms with van der Waals surface area (Å²) in [5, 5.41) is 20.5. The second-order valence-corrected chi connectivity index (χ2v) is 12.0. The molecule has 0 saturated heterocycles. The molecule has 2 atom stereocenters. The standard InChI is InChI=1S/C44H32O2/c45-33-22-16-31(17-23-33)43(39-26-20-29-10-4-1-6-12-35(29)39)41-28-42(38-15-9-3-8-14-37(38)41)44(32-18-24-34(46)25-19-32)40-27-21-30-11-5-2-7-13-36(30)40/h1-28,43-46H/t43-,44-/m1/s1. The van der Waals surface area contributed by atoms with Crippen LogP contribution in [0.1, 0.15) is 45.2 Å². The van der Waals surface area contributed by atoms with Crippen LogP contribution in [0, 0.1) is 0 Å². The molecular formula is C44H32O2. The van der Waals surface area contributed by atoms with Crippen molar-refractivity contribution in [3.05, 3.63) is 203 Å². The molecule has 0 radical (unpaired) electrons. The van der Waals surface area contributed by atoms with Crippen LogP contribution < -0.4 is 0 Å². The maximum Gasteiger partial charge on any atom is 0.115 e. The molecule has 220 valence electrons. The van der Waals surface area contributed by atoms with Crippen molar-refractivity contribution in [2.45, 2.75) is 11.8 Å². The van der Waals surface area contributed by atoms with E-state index in [1.54, 1.807) is 24.3 Å². The van der Waals surface area contributed by atoms with Crippen LogP contribution in [-0.2, 0) is 0 Å². The molecule has 2 heteroatoms. The fourth-order valence-electron chi connectivity index (χ4n) is 7.22. The fraction of sp³-hybridized carbons (Fsp3) is 0.0455. The molecule has 46 heavy (non-hydrogen) atoms. The number of fused-ring (bicyclic) bond motifs is 3. The van der Waals surface area contributed by atoms with Crippen LogP contribution in [0.4, 0.5) is 0 Å².